The predicted octanol–water partition coefficient (Wildman–Crippen LogP) is 3.15. The summed E-state index contributed by atoms with van der Waals surface area (Å²) in [5.74, 6) is 0. The van der Waals surface area contributed by atoms with Crippen LogP contribution in [0.5, 0.6) is 0 Å². The minimum atomic E-state index is -0.0559. The molecule has 0 radical (unpaired) electrons. The summed E-state index contributed by atoms with van der Waals surface area (Å²) in [5, 5.41) is 8.62. The minimum Gasteiger partial charge on any atom is -0.244 e. The van der Waals surface area contributed by atoms with E-state index in [0.717, 1.165) is 0 Å². The van der Waals surface area contributed by atoms with Crippen LogP contribution in [-0.2, 0) is 0 Å². The lowest BCUT2D eigenvalue weighted by molar-refractivity contribution is 0.433. The van der Waals surface area contributed by atoms with Gasteiger partial charge in [0.05, 0.1) is 0 Å². The molecular formula is C16H16N4. The Morgan fingerprint density at radius 1 is 0.950 bits per heavy atom. The van der Waals surface area contributed by atoms with Crippen LogP contribution in [0.2, 0.25) is 0 Å². The first-order chi connectivity index (χ1) is 9.84. The molecule has 2 heterocycles. The smallest absolute Gasteiger partial charge is 0.162 e. The largest absolute Gasteiger partial charge is 0.244 e. The molecule has 0 aliphatic heterocycles. The number of nitrogens with zero attached hydrogens (tertiary/aromatic N) is 4. The van der Waals surface area contributed by atoms with E-state index in [1.807, 2.05) is 46.0 Å². The Hall–Kier alpha value is -2.62. The molecule has 0 atom stereocenters. The Labute approximate surface area is 118 Å². The van der Waals surface area contributed by atoms with Crippen molar-refractivity contribution < 1.29 is 0 Å². The standard InChI is InChI=1S/C16H16N4/c1-14-6-2-3-7-15(14)8-9-16(19-12-4-10-17-19)20-13-5-11-18-20/h2-13,16H,1H3/b9-8+. The average Bonchev–Trinajstić information content (AvgIpc) is 3.14. The van der Waals surface area contributed by atoms with Crippen LogP contribution in [0.3, 0.4) is 0 Å². The molecule has 3 rings (SSSR count). The van der Waals surface area contributed by atoms with Crippen molar-refractivity contribution in [3.05, 3.63) is 78.4 Å². The molecule has 0 amide bonds. The third kappa shape index (κ3) is 2.54. The van der Waals surface area contributed by atoms with Crippen molar-refractivity contribution in [3.63, 3.8) is 0 Å². The molecule has 2 aromatic heterocycles. The van der Waals surface area contributed by atoms with Gasteiger partial charge in [0.1, 0.15) is 0 Å². The van der Waals surface area contributed by atoms with Crippen molar-refractivity contribution in [2.24, 2.45) is 0 Å². The van der Waals surface area contributed by atoms with Gasteiger partial charge in [0.2, 0.25) is 0 Å². The third-order valence-corrected chi connectivity index (χ3v) is 3.23. The van der Waals surface area contributed by atoms with Gasteiger partial charge >= 0.3 is 0 Å². The number of allylic oxidation sites excluding steroid dienone is 1. The van der Waals surface area contributed by atoms with E-state index in [0.29, 0.717) is 0 Å². The van der Waals surface area contributed by atoms with Gasteiger partial charge in [-0.3, -0.25) is 0 Å². The maximum absolute atomic E-state index is 4.31. The Bertz CT molecular complexity index is 647. The van der Waals surface area contributed by atoms with Gasteiger partial charge in [0.15, 0.2) is 6.17 Å². The second kappa shape index (κ2) is 5.57. The summed E-state index contributed by atoms with van der Waals surface area (Å²) < 4.78 is 3.75. The fourth-order valence-electron chi connectivity index (χ4n) is 2.14. The molecule has 0 N–H and O–H groups in total. The first-order valence-corrected chi connectivity index (χ1v) is 6.57. The van der Waals surface area contributed by atoms with E-state index in [1.165, 1.54) is 11.1 Å². The maximum Gasteiger partial charge on any atom is 0.162 e. The van der Waals surface area contributed by atoms with Crippen LogP contribution in [0.1, 0.15) is 17.3 Å². The highest BCUT2D eigenvalue weighted by Gasteiger charge is 2.09. The zero-order valence-electron chi connectivity index (χ0n) is 11.3. The number of benzene rings is 1. The number of hydrogen-bond donors (Lipinski definition) is 0. The van der Waals surface area contributed by atoms with Gasteiger partial charge in [0.25, 0.3) is 0 Å². The summed E-state index contributed by atoms with van der Waals surface area (Å²) in [5.41, 5.74) is 2.46. The lowest BCUT2D eigenvalue weighted by Gasteiger charge is -2.14. The molecule has 3 aromatic rings. The number of aromatic nitrogens is 4. The summed E-state index contributed by atoms with van der Waals surface area (Å²) in [6.45, 7) is 2.11. The molecule has 0 saturated carbocycles. The Balaban J connectivity index is 1.94. The zero-order valence-corrected chi connectivity index (χ0v) is 11.3. The van der Waals surface area contributed by atoms with Crippen LogP contribution in [0.4, 0.5) is 0 Å². The van der Waals surface area contributed by atoms with Gasteiger partial charge in [-0.15, -0.1) is 0 Å². The van der Waals surface area contributed by atoms with E-state index >= 15 is 0 Å². The summed E-state index contributed by atoms with van der Waals surface area (Å²) in [4.78, 5) is 0. The van der Waals surface area contributed by atoms with Crippen molar-refractivity contribution >= 4 is 6.08 Å². The summed E-state index contributed by atoms with van der Waals surface area (Å²) in [6.07, 6.45) is 11.6. The van der Waals surface area contributed by atoms with Crippen LogP contribution in [0.25, 0.3) is 6.08 Å². The molecule has 0 aliphatic rings. The highest BCUT2D eigenvalue weighted by Crippen LogP contribution is 2.14. The van der Waals surface area contributed by atoms with Gasteiger partial charge in [-0.2, -0.15) is 10.2 Å². The van der Waals surface area contributed by atoms with Crippen molar-refractivity contribution in [2.75, 3.05) is 0 Å². The first kappa shape index (κ1) is 12.4. The summed E-state index contributed by atoms with van der Waals surface area (Å²) >= 11 is 0. The Morgan fingerprint density at radius 2 is 1.60 bits per heavy atom. The highest BCUT2D eigenvalue weighted by atomic mass is 15.4. The molecule has 0 fully saturated rings. The SMILES string of the molecule is Cc1ccccc1/C=C/C(n1cccn1)n1cccn1. The van der Waals surface area contributed by atoms with Crippen molar-refractivity contribution in [1.82, 2.24) is 19.6 Å². The summed E-state index contributed by atoms with van der Waals surface area (Å²) in [7, 11) is 0. The monoisotopic (exact) mass is 264 g/mol. The number of rotatable bonds is 4. The molecule has 1 aromatic carbocycles. The molecule has 0 aliphatic carbocycles. The first-order valence-electron chi connectivity index (χ1n) is 6.57. The lowest BCUT2D eigenvalue weighted by atomic mass is 10.1. The van der Waals surface area contributed by atoms with E-state index < -0.39 is 0 Å². The van der Waals surface area contributed by atoms with Crippen LogP contribution in [-0.4, -0.2) is 19.6 Å². The number of aryl methyl sites for hydroxylation is 1. The van der Waals surface area contributed by atoms with E-state index in [-0.39, 0.29) is 6.17 Å². The topological polar surface area (TPSA) is 35.6 Å². The summed E-state index contributed by atoms with van der Waals surface area (Å²) in [6, 6.07) is 12.1. The predicted molar refractivity (Wildman–Crippen MR) is 79.1 cm³/mol. The van der Waals surface area contributed by atoms with Crippen LogP contribution < -0.4 is 0 Å². The third-order valence-electron chi connectivity index (χ3n) is 3.23. The van der Waals surface area contributed by atoms with E-state index in [1.54, 1.807) is 12.4 Å². The van der Waals surface area contributed by atoms with Crippen molar-refractivity contribution in [2.45, 2.75) is 13.1 Å². The van der Waals surface area contributed by atoms with Crippen LogP contribution in [0.15, 0.2) is 67.3 Å². The fraction of sp³-hybridized carbons (Fsp3) is 0.125. The van der Waals surface area contributed by atoms with E-state index in [2.05, 4.69) is 41.4 Å². The van der Waals surface area contributed by atoms with Gasteiger partial charge in [-0.1, -0.05) is 30.3 Å². The molecule has 100 valence electrons. The lowest BCUT2D eigenvalue weighted by Crippen LogP contribution is -2.16. The Morgan fingerprint density at radius 3 is 2.15 bits per heavy atom. The second-order valence-electron chi connectivity index (χ2n) is 4.60. The quantitative estimate of drug-likeness (QED) is 0.725. The highest BCUT2D eigenvalue weighted by molar-refractivity contribution is 5.53. The van der Waals surface area contributed by atoms with Crippen LogP contribution >= 0.6 is 0 Å². The maximum atomic E-state index is 4.31. The van der Waals surface area contributed by atoms with Gasteiger partial charge < -0.3 is 0 Å². The fourth-order valence-corrected chi connectivity index (χ4v) is 2.14. The van der Waals surface area contributed by atoms with Gasteiger partial charge in [-0.25, -0.2) is 9.36 Å². The van der Waals surface area contributed by atoms with Crippen molar-refractivity contribution in [1.29, 1.82) is 0 Å². The zero-order chi connectivity index (χ0) is 13.8. The van der Waals surface area contributed by atoms with Gasteiger partial charge in [0, 0.05) is 24.8 Å². The van der Waals surface area contributed by atoms with Crippen molar-refractivity contribution in [3.8, 4) is 0 Å². The van der Waals surface area contributed by atoms with Crippen LogP contribution in [0, 0.1) is 6.92 Å². The molecule has 20 heavy (non-hydrogen) atoms. The normalized spacial score (nSPS) is 11.5. The van der Waals surface area contributed by atoms with Gasteiger partial charge in [-0.05, 0) is 36.3 Å². The van der Waals surface area contributed by atoms with E-state index in [4.69, 9.17) is 0 Å². The molecule has 0 saturated heterocycles. The molecule has 4 heteroatoms. The second-order valence-corrected chi connectivity index (χ2v) is 4.60. The minimum absolute atomic E-state index is 0.0559. The molecule has 0 spiro atoms. The average molecular weight is 264 g/mol. The number of hydrogen-bond acceptors (Lipinski definition) is 2. The molecule has 0 unspecified atom stereocenters. The molecular weight excluding hydrogens is 248 g/mol. The molecule has 4 nitrogen and oxygen atoms in total. The Kier molecular flexibility index (Phi) is 3.46. The molecule has 0 bridgehead atoms. The van der Waals surface area contributed by atoms with E-state index in [9.17, 15) is 0 Å².